The lowest BCUT2D eigenvalue weighted by atomic mass is 10.0. The summed E-state index contributed by atoms with van der Waals surface area (Å²) in [6, 6.07) is 6.06. The molecule has 1 fully saturated rings. The first-order valence-corrected chi connectivity index (χ1v) is 11.9. The zero-order valence-corrected chi connectivity index (χ0v) is 17.9. The Labute approximate surface area is 170 Å². The van der Waals surface area contributed by atoms with Gasteiger partial charge in [-0.3, -0.25) is 10.1 Å². The Morgan fingerprint density at radius 2 is 1.89 bits per heavy atom. The quantitative estimate of drug-likeness (QED) is 0.737. The normalized spacial score (nSPS) is 16.2. The first-order valence-electron chi connectivity index (χ1n) is 9.64. The number of carbonyl (C=O) groups excluding carboxylic acids is 1. The first-order chi connectivity index (χ1) is 13.4. The molecule has 1 saturated heterocycles. The molecule has 0 saturated carbocycles. The van der Waals surface area contributed by atoms with Crippen LogP contribution in [0.2, 0.25) is 0 Å². The average Bonchev–Trinajstić information content (AvgIpc) is 3.14. The third-order valence-corrected chi connectivity index (χ3v) is 7.74. The summed E-state index contributed by atoms with van der Waals surface area (Å²) in [4.78, 5) is 12.6. The zero-order chi connectivity index (χ0) is 20.1. The minimum absolute atomic E-state index is 0.219. The van der Waals surface area contributed by atoms with Crippen LogP contribution >= 0.6 is 11.3 Å². The number of aromatic nitrogens is 2. The fourth-order valence-corrected chi connectivity index (χ4v) is 5.30. The van der Waals surface area contributed by atoms with E-state index >= 15 is 0 Å². The predicted molar refractivity (Wildman–Crippen MR) is 110 cm³/mol. The molecule has 0 spiro atoms. The molecule has 9 heteroatoms. The van der Waals surface area contributed by atoms with Crippen molar-refractivity contribution < 1.29 is 13.2 Å². The summed E-state index contributed by atoms with van der Waals surface area (Å²) in [6.45, 7) is 5.34. The third-order valence-electron chi connectivity index (χ3n) is 4.93. The molecule has 152 valence electrons. The van der Waals surface area contributed by atoms with Crippen molar-refractivity contribution in [2.45, 2.75) is 50.8 Å². The zero-order valence-electron chi connectivity index (χ0n) is 16.2. The Morgan fingerprint density at radius 1 is 1.21 bits per heavy atom. The van der Waals surface area contributed by atoms with Gasteiger partial charge in [-0.2, -0.15) is 4.31 Å². The fraction of sp³-hybridized carbons (Fsp3) is 0.526. The molecular formula is C19H26N4O3S2. The molecule has 1 N–H and O–H groups in total. The lowest BCUT2D eigenvalue weighted by molar-refractivity contribution is 0.102. The van der Waals surface area contributed by atoms with Crippen LogP contribution < -0.4 is 5.32 Å². The number of amides is 1. The minimum atomic E-state index is -3.51. The fourth-order valence-electron chi connectivity index (χ4n) is 3.06. The number of unbranched alkanes of at least 4 members (excludes halogenated alkanes) is 1. The standard InChI is InChI=1S/C19H26N4O3S2/c1-3-4-5-17-21-22-19(27-17)20-18(24)15-6-8-16(9-7-15)28(25,26)23-12-10-14(2)11-13-23/h6-9,14H,3-5,10-13H2,1-2H3,(H,20,22,24). The second-order valence-corrected chi connectivity index (χ2v) is 10.2. The van der Waals surface area contributed by atoms with E-state index in [9.17, 15) is 13.2 Å². The van der Waals surface area contributed by atoms with Gasteiger partial charge >= 0.3 is 0 Å². The molecule has 2 heterocycles. The molecule has 1 aliphatic rings. The molecule has 0 radical (unpaired) electrons. The van der Waals surface area contributed by atoms with E-state index in [2.05, 4.69) is 29.4 Å². The summed E-state index contributed by atoms with van der Waals surface area (Å²) in [5.74, 6) is 0.231. The molecule has 1 aliphatic heterocycles. The van der Waals surface area contributed by atoms with Crippen molar-refractivity contribution in [1.82, 2.24) is 14.5 Å². The predicted octanol–water partition coefficient (Wildman–Crippen LogP) is 3.55. The number of piperidine rings is 1. The number of anilines is 1. The highest BCUT2D eigenvalue weighted by atomic mass is 32.2. The van der Waals surface area contributed by atoms with Gasteiger partial charge in [-0.25, -0.2) is 8.42 Å². The highest BCUT2D eigenvalue weighted by Gasteiger charge is 2.28. The summed E-state index contributed by atoms with van der Waals surface area (Å²) >= 11 is 1.37. The Kier molecular flexibility index (Phi) is 6.79. The van der Waals surface area contributed by atoms with Gasteiger partial charge in [-0.05, 0) is 49.4 Å². The van der Waals surface area contributed by atoms with Gasteiger partial charge in [0.1, 0.15) is 5.01 Å². The number of hydrogen-bond donors (Lipinski definition) is 1. The molecule has 1 amide bonds. The molecule has 7 nitrogen and oxygen atoms in total. The monoisotopic (exact) mass is 422 g/mol. The Morgan fingerprint density at radius 3 is 2.54 bits per heavy atom. The highest BCUT2D eigenvalue weighted by molar-refractivity contribution is 7.89. The van der Waals surface area contributed by atoms with E-state index in [1.165, 1.54) is 39.9 Å². The Bertz CT molecular complexity index is 902. The smallest absolute Gasteiger partial charge is 0.257 e. The van der Waals surface area contributed by atoms with Crippen molar-refractivity contribution in [2.75, 3.05) is 18.4 Å². The van der Waals surface area contributed by atoms with Gasteiger partial charge in [-0.1, -0.05) is 31.6 Å². The van der Waals surface area contributed by atoms with Gasteiger partial charge in [0.2, 0.25) is 15.2 Å². The van der Waals surface area contributed by atoms with E-state index in [0.717, 1.165) is 37.1 Å². The number of rotatable bonds is 7. The molecule has 2 aromatic rings. The number of nitrogens with zero attached hydrogens (tertiary/aromatic N) is 3. The largest absolute Gasteiger partial charge is 0.296 e. The summed E-state index contributed by atoms with van der Waals surface area (Å²) in [5.41, 5.74) is 0.386. The van der Waals surface area contributed by atoms with E-state index in [4.69, 9.17) is 0 Å². The second-order valence-electron chi connectivity index (χ2n) is 7.17. The Hall–Kier alpha value is -1.84. The number of carbonyl (C=O) groups is 1. The summed E-state index contributed by atoms with van der Waals surface area (Å²) in [5, 5.41) is 12.1. The summed E-state index contributed by atoms with van der Waals surface area (Å²) < 4.78 is 27.1. The number of aryl methyl sites for hydroxylation is 1. The van der Waals surface area contributed by atoms with Crippen molar-refractivity contribution in [3.63, 3.8) is 0 Å². The van der Waals surface area contributed by atoms with E-state index in [1.807, 2.05) is 0 Å². The van der Waals surface area contributed by atoms with Crippen LogP contribution in [0, 0.1) is 5.92 Å². The maximum Gasteiger partial charge on any atom is 0.257 e. The number of benzene rings is 1. The minimum Gasteiger partial charge on any atom is -0.296 e. The van der Waals surface area contributed by atoms with E-state index < -0.39 is 10.0 Å². The van der Waals surface area contributed by atoms with Gasteiger partial charge < -0.3 is 0 Å². The van der Waals surface area contributed by atoms with Crippen molar-refractivity contribution in [1.29, 1.82) is 0 Å². The maximum atomic E-state index is 12.8. The first kappa shape index (κ1) is 20.9. The molecule has 1 aromatic heterocycles. The number of nitrogens with one attached hydrogen (secondary N) is 1. The van der Waals surface area contributed by atoms with Crippen molar-refractivity contribution >= 4 is 32.4 Å². The van der Waals surface area contributed by atoms with Crippen LogP contribution in [0.5, 0.6) is 0 Å². The topological polar surface area (TPSA) is 92.3 Å². The molecule has 0 atom stereocenters. The average molecular weight is 423 g/mol. The van der Waals surface area contributed by atoms with Crippen molar-refractivity contribution in [3.8, 4) is 0 Å². The van der Waals surface area contributed by atoms with Gasteiger partial charge in [0.25, 0.3) is 5.91 Å². The molecule has 0 unspecified atom stereocenters. The van der Waals surface area contributed by atoms with Crippen molar-refractivity contribution in [2.24, 2.45) is 5.92 Å². The third kappa shape index (κ3) is 4.95. The molecule has 1 aromatic carbocycles. The number of hydrogen-bond acceptors (Lipinski definition) is 6. The van der Waals surface area contributed by atoms with E-state index in [-0.39, 0.29) is 10.8 Å². The van der Waals surface area contributed by atoms with Gasteiger partial charge in [0.15, 0.2) is 0 Å². The van der Waals surface area contributed by atoms with Crippen LogP contribution in [-0.4, -0.2) is 41.9 Å². The maximum absolute atomic E-state index is 12.8. The molecule has 28 heavy (non-hydrogen) atoms. The van der Waals surface area contributed by atoms with Gasteiger partial charge in [-0.15, -0.1) is 10.2 Å². The molecule has 3 rings (SSSR count). The molecular weight excluding hydrogens is 396 g/mol. The number of sulfonamides is 1. The lowest BCUT2D eigenvalue weighted by Gasteiger charge is -2.29. The van der Waals surface area contributed by atoms with Gasteiger partial charge in [0.05, 0.1) is 4.90 Å². The second kappa shape index (κ2) is 9.11. The van der Waals surface area contributed by atoms with Crippen LogP contribution in [0.25, 0.3) is 0 Å². The van der Waals surface area contributed by atoms with Crippen LogP contribution in [0.1, 0.15) is 54.9 Å². The van der Waals surface area contributed by atoms with E-state index in [0.29, 0.717) is 29.7 Å². The van der Waals surface area contributed by atoms with Crippen LogP contribution in [0.15, 0.2) is 29.2 Å². The van der Waals surface area contributed by atoms with Crippen molar-refractivity contribution in [3.05, 3.63) is 34.8 Å². The Balaban J connectivity index is 1.65. The molecule has 0 bridgehead atoms. The SMILES string of the molecule is CCCCc1nnc(NC(=O)c2ccc(S(=O)(=O)N3CCC(C)CC3)cc2)s1. The van der Waals surface area contributed by atoms with Crippen LogP contribution in [0.3, 0.4) is 0 Å². The van der Waals surface area contributed by atoms with Gasteiger partial charge in [0, 0.05) is 25.1 Å². The van der Waals surface area contributed by atoms with Crippen LogP contribution in [0.4, 0.5) is 5.13 Å². The highest BCUT2D eigenvalue weighted by Crippen LogP contribution is 2.24. The van der Waals surface area contributed by atoms with Crippen LogP contribution in [-0.2, 0) is 16.4 Å². The summed E-state index contributed by atoms with van der Waals surface area (Å²) in [6.07, 6.45) is 4.72. The lowest BCUT2D eigenvalue weighted by Crippen LogP contribution is -2.37. The van der Waals surface area contributed by atoms with E-state index in [1.54, 1.807) is 0 Å². The molecule has 0 aliphatic carbocycles. The summed E-state index contributed by atoms with van der Waals surface area (Å²) in [7, 11) is -3.51.